The van der Waals surface area contributed by atoms with E-state index in [9.17, 15) is 13.5 Å². The number of benzene rings is 1. The first-order valence-electron chi connectivity index (χ1n) is 5.16. The van der Waals surface area contributed by atoms with E-state index in [1.165, 1.54) is 19.2 Å². The van der Waals surface area contributed by atoms with Gasteiger partial charge in [0.1, 0.15) is 10.6 Å². The van der Waals surface area contributed by atoms with Gasteiger partial charge < -0.3 is 9.84 Å². The highest BCUT2D eigenvalue weighted by molar-refractivity contribution is 7.89. The number of rotatable bonds is 4. The Hall–Kier alpha value is -1.11. The first-order chi connectivity index (χ1) is 7.72. The van der Waals surface area contributed by atoms with Crippen molar-refractivity contribution in [3.8, 4) is 5.75 Å². The number of sulfonamides is 1. The molecule has 0 radical (unpaired) electrons. The summed E-state index contributed by atoms with van der Waals surface area (Å²) in [6.07, 6.45) is 0.462. The van der Waals surface area contributed by atoms with Crippen molar-refractivity contribution in [3.05, 3.63) is 23.8 Å². The van der Waals surface area contributed by atoms with Gasteiger partial charge in [0.25, 0.3) is 0 Å². The second kappa shape index (κ2) is 4.64. The van der Waals surface area contributed by atoms with E-state index in [-0.39, 0.29) is 10.6 Å². The standard InChI is InChI=1S/C11H17NO4S/c1-4-11(2,13)8-5-6-9(16-3)10(7-8)17(12,14)15/h5-7,13H,4H2,1-3H3,(H2,12,14,15). The highest BCUT2D eigenvalue weighted by Crippen LogP contribution is 2.30. The molecule has 0 aliphatic heterocycles. The van der Waals surface area contributed by atoms with Gasteiger partial charge in [-0.1, -0.05) is 13.0 Å². The minimum Gasteiger partial charge on any atom is -0.495 e. The lowest BCUT2D eigenvalue weighted by atomic mass is 9.93. The van der Waals surface area contributed by atoms with Crippen molar-refractivity contribution in [3.63, 3.8) is 0 Å². The topological polar surface area (TPSA) is 89.6 Å². The Morgan fingerprint density at radius 1 is 1.47 bits per heavy atom. The first kappa shape index (κ1) is 14.0. The van der Waals surface area contributed by atoms with Gasteiger partial charge >= 0.3 is 0 Å². The molecular formula is C11H17NO4S. The third kappa shape index (κ3) is 2.96. The summed E-state index contributed by atoms with van der Waals surface area (Å²) in [5, 5.41) is 15.2. The van der Waals surface area contributed by atoms with Crippen LogP contribution < -0.4 is 9.88 Å². The van der Waals surface area contributed by atoms with Crippen molar-refractivity contribution in [1.29, 1.82) is 0 Å². The number of primary sulfonamides is 1. The van der Waals surface area contributed by atoms with Gasteiger partial charge in [0.2, 0.25) is 10.0 Å². The van der Waals surface area contributed by atoms with E-state index in [2.05, 4.69) is 0 Å². The quantitative estimate of drug-likeness (QED) is 0.842. The molecule has 0 aliphatic rings. The third-order valence-electron chi connectivity index (χ3n) is 2.78. The fourth-order valence-electron chi connectivity index (χ4n) is 1.44. The average Bonchev–Trinajstić information content (AvgIpc) is 2.27. The SMILES string of the molecule is CCC(C)(O)c1ccc(OC)c(S(N)(=O)=O)c1. The summed E-state index contributed by atoms with van der Waals surface area (Å²) >= 11 is 0. The molecule has 3 N–H and O–H groups in total. The normalized spacial score (nSPS) is 15.4. The van der Waals surface area contributed by atoms with Gasteiger partial charge in [-0.05, 0) is 31.0 Å². The van der Waals surface area contributed by atoms with E-state index in [1.54, 1.807) is 19.9 Å². The van der Waals surface area contributed by atoms with Crippen LogP contribution in [0.1, 0.15) is 25.8 Å². The summed E-state index contributed by atoms with van der Waals surface area (Å²) in [7, 11) is -2.51. The van der Waals surface area contributed by atoms with Crippen LogP contribution in [-0.4, -0.2) is 20.6 Å². The minimum atomic E-state index is -3.87. The Morgan fingerprint density at radius 3 is 2.47 bits per heavy atom. The molecular weight excluding hydrogens is 242 g/mol. The van der Waals surface area contributed by atoms with E-state index in [0.717, 1.165) is 0 Å². The highest BCUT2D eigenvalue weighted by atomic mass is 32.2. The molecule has 5 nitrogen and oxygen atoms in total. The molecule has 0 aliphatic carbocycles. The molecule has 17 heavy (non-hydrogen) atoms. The van der Waals surface area contributed by atoms with Gasteiger partial charge in [-0.2, -0.15) is 0 Å². The molecule has 1 rings (SSSR count). The summed E-state index contributed by atoms with van der Waals surface area (Å²) in [6.45, 7) is 3.42. The van der Waals surface area contributed by atoms with Crippen molar-refractivity contribution >= 4 is 10.0 Å². The van der Waals surface area contributed by atoms with E-state index in [1.807, 2.05) is 0 Å². The Kier molecular flexibility index (Phi) is 3.81. The average molecular weight is 259 g/mol. The highest BCUT2D eigenvalue weighted by Gasteiger charge is 2.24. The molecule has 0 spiro atoms. The van der Waals surface area contributed by atoms with Crippen LogP contribution >= 0.6 is 0 Å². The molecule has 1 aromatic carbocycles. The molecule has 1 unspecified atom stereocenters. The number of methoxy groups -OCH3 is 1. The van der Waals surface area contributed by atoms with E-state index in [4.69, 9.17) is 9.88 Å². The molecule has 0 heterocycles. The lowest BCUT2D eigenvalue weighted by Crippen LogP contribution is -2.21. The van der Waals surface area contributed by atoms with Gasteiger partial charge in [-0.25, -0.2) is 13.6 Å². The summed E-state index contributed by atoms with van der Waals surface area (Å²) in [5.41, 5.74) is -0.601. The fourth-order valence-corrected chi connectivity index (χ4v) is 2.16. The smallest absolute Gasteiger partial charge is 0.241 e. The van der Waals surface area contributed by atoms with Gasteiger partial charge in [-0.15, -0.1) is 0 Å². The first-order valence-corrected chi connectivity index (χ1v) is 6.70. The molecule has 0 bridgehead atoms. The predicted octanol–water partition coefficient (Wildman–Crippen LogP) is 0.960. The van der Waals surface area contributed by atoms with Crippen molar-refractivity contribution in [2.45, 2.75) is 30.8 Å². The van der Waals surface area contributed by atoms with E-state index >= 15 is 0 Å². The van der Waals surface area contributed by atoms with Crippen molar-refractivity contribution in [2.24, 2.45) is 5.14 Å². The molecule has 6 heteroatoms. The maximum absolute atomic E-state index is 11.4. The second-order valence-corrected chi connectivity index (χ2v) is 5.57. The molecule has 0 saturated carbocycles. The minimum absolute atomic E-state index is 0.119. The number of aliphatic hydroxyl groups is 1. The Morgan fingerprint density at radius 2 is 2.06 bits per heavy atom. The molecule has 96 valence electrons. The van der Waals surface area contributed by atoms with Crippen LogP contribution in [0.15, 0.2) is 23.1 Å². The van der Waals surface area contributed by atoms with Gasteiger partial charge in [0, 0.05) is 0 Å². The van der Waals surface area contributed by atoms with Gasteiger partial charge in [-0.3, -0.25) is 0 Å². The van der Waals surface area contributed by atoms with Crippen LogP contribution in [0.3, 0.4) is 0 Å². The molecule has 0 amide bonds. The molecule has 1 atom stereocenters. The Bertz CT molecular complexity index is 508. The van der Waals surface area contributed by atoms with E-state index < -0.39 is 15.6 Å². The molecule has 0 saturated heterocycles. The van der Waals surface area contributed by atoms with Crippen LogP contribution in [-0.2, 0) is 15.6 Å². The zero-order valence-corrected chi connectivity index (χ0v) is 10.9. The summed E-state index contributed by atoms with van der Waals surface area (Å²) in [4.78, 5) is -0.119. The van der Waals surface area contributed by atoms with E-state index in [0.29, 0.717) is 12.0 Å². The predicted molar refractivity (Wildman–Crippen MR) is 64.2 cm³/mol. The lowest BCUT2D eigenvalue weighted by molar-refractivity contribution is 0.0528. The van der Waals surface area contributed by atoms with Crippen molar-refractivity contribution in [1.82, 2.24) is 0 Å². The zero-order chi connectivity index (χ0) is 13.3. The van der Waals surface area contributed by atoms with Gasteiger partial charge in [0.15, 0.2) is 0 Å². The summed E-state index contributed by atoms with van der Waals surface area (Å²) in [6, 6.07) is 4.45. The maximum atomic E-state index is 11.4. The van der Waals surface area contributed by atoms with Crippen molar-refractivity contribution in [2.75, 3.05) is 7.11 Å². The van der Waals surface area contributed by atoms with Crippen molar-refractivity contribution < 1.29 is 18.3 Å². The number of ether oxygens (including phenoxy) is 1. The van der Waals surface area contributed by atoms with Crippen LogP contribution in [0.4, 0.5) is 0 Å². The monoisotopic (exact) mass is 259 g/mol. The second-order valence-electron chi connectivity index (χ2n) is 4.04. The Balaban J connectivity index is 3.43. The number of hydrogen-bond donors (Lipinski definition) is 2. The summed E-state index contributed by atoms with van der Waals surface area (Å²) in [5.74, 6) is 0.170. The fraction of sp³-hybridized carbons (Fsp3) is 0.455. The largest absolute Gasteiger partial charge is 0.495 e. The van der Waals surface area contributed by atoms with Crippen LogP contribution in [0.2, 0.25) is 0 Å². The molecule has 0 aromatic heterocycles. The Labute approximate surface area is 101 Å². The summed E-state index contributed by atoms with van der Waals surface area (Å²) < 4.78 is 27.7. The lowest BCUT2D eigenvalue weighted by Gasteiger charge is -2.22. The zero-order valence-electron chi connectivity index (χ0n) is 10.1. The molecule has 1 aromatic rings. The third-order valence-corrected chi connectivity index (χ3v) is 3.71. The van der Waals surface area contributed by atoms with Gasteiger partial charge in [0.05, 0.1) is 12.7 Å². The number of hydrogen-bond acceptors (Lipinski definition) is 4. The van der Waals surface area contributed by atoms with Crippen LogP contribution in [0.5, 0.6) is 5.75 Å². The van der Waals surface area contributed by atoms with Crippen LogP contribution in [0, 0.1) is 0 Å². The maximum Gasteiger partial charge on any atom is 0.241 e. The molecule has 0 fully saturated rings. The number of nitrogens with two attached hydrogens (primary N) is 1. The van der Waals surface area contributed by atoms with Crippen LogP contribution in [0.25, 0.3) is 0 Å².